The molecule has 0 radical (unpaired) electrons. The lowest BCUT2D eigenvalue weighted by Crippen LogP contribution is -2.42. The number of imide groups is 1. The van der Waals surface area contributed by atoms with Gasteiger partial charge in [0.15, 0.2) is 6.10 Å². The van der Waals surface area contributed by atoms with Crippen LogP contribution in [-0.4, -0.2) is 29.0 Å². The van der Waals surface area contributed by atoms with E-state index in [4.69, 9.17) is 10.5 Å². The Morgan fingerprint density at radius 1 is 1.19 bits per heavy atom. The van der Waals surface area contributed by atoms with E-state index >= 15 is 0 Å². The van der Waals surface area contributed by atoms with E-state index in [1.165, 1.54) is 18.3 Å². The fraction of sp³-hybridized carbons (Fsp3) is 0.111. The fourth-order valence-electron chi connectivity index (χ4n) is 2.40. The number of ether oxygens (including phenoxy) is 1. The minimum atomic E-state index is -1.17. The van der Waals surface area contributed by atoms with E-state index in [1.54, 1.807) is 24.3 Å². The SMILES string of the molecule is C[C@@H](OC(=O)c1cc(-c2cccs2)nc2ccccc12)C(=O)NC(N)=O. The number of urea groups is 1. The summed E-state index contributed by atoms with van der Waals surface area (Å²) >= 11 is 1.50. The normalized spacial score (nSPS) is 11.7. The summed E-state index contributed by atoms with van der Waals surface area (Å²) in [6.45, 7) is 1.36. The van der Waals surface area contributed by atoms with E-state index in [9.17, 15) is 14.4 Å². The first-order chi connectivity index (χ1) is 12.5. The molecule has 1 aromatic carbocycles. The van der Waals surface area contributed by atoms with Crippen molar-refractivity contribution in [2.45, 2.75) is 13.0 Å². The number of carbonyl (C=O) groups is 3. The predicted octanol–water partition coefficient (Wildman–Crippen LogP) is 2.70. The zero-order valence-electron chi connectivity index (χ0n) is 13.8. The van der Waals surface area contributed by atoms with E-state index in [0.717, 1.165) is 4.88 Å². The first kappa shape index (κ1) is 17.6. The first-order valence-electron chi connectivity index (χ1n) is 7.70. The molecule has 0 spiro atoms. The third-order valence-corrected chi connectivity index (χ3v) is 4.50. The summed E-state index contributed by atoms with van der Waals surface area (Å²) in [7, 11) is 0. The van der Waals surface area contributed by atoms with Crippen molar-refractivity contribution < 1.29 is 19.1 Å². The van der Waals surface area contributed by atoms with Crippen LogP contribution >= 0.6 is 11.3 Å². The van der Waals surface area contributed by atoms with Gasteiger partial charge in [-0.3, -0.25) is 10.1 Å². The van der Waals surface area contributed by atoms with Gasteiger partial charge in [-0.2, -0.15) is 0 Å². The molecule has 0 aliphatic heterocycles. The molecule has 0 unspecified atom stereocenters. The van der Waals surface area contributed by atoms with Crippen molar-refractivity contribution in [2.24, 2.45) is 5.73 Å². The number of thiophene rings is 1. The van der Waals surface area contributed by atoms with Crippen LogP contribution in [-0.2, 0) is 9.53 Å². The fourth-order valence-corrected chi connectivity index (χ4v) is 3.08. The average molecular weight is 369 g/mol. The van der Waals surface area contributed by atoms with Gasteiger partial charge in [-0.25, -0.2) is 14.6 Å². The molecular formula is C18H15N3O4S. The van der Waals surface area contributed by atoms with Gasteiger partial charge in [-0.1, -0.05) is 24.3 Å². The second kappa shape index (κ2) is 7.32. The number of nitrogens with one attached hydrogen (secondary N) is 1. The average Bonchev–Trinajstić information content (AvgIpc) is 3.14. The number of para-hydroxylation sites is 1. The number of rotatable bonds is 4. The molecule has 2 heterocycles. The molecule has 1 atom stereocenters. The van der Waals surface area contributed by atoms with Crippen molar-refractivity contribution in [1.82, 2.24) is 10.3 Å². The van der Waals surface area contributed by atoms with E-state index in [2.05, 4.69) is 4.98 Å². The highest BCUT2D eigenvalue weighted by Crippen LogP contribution is 2.28. The number of carbonyl (C=O) groups excluding carboxylic acids is 3. The number of hydrogen-bond acceptors (Lipinski definition) is 6. The van der Waals surface area contributed by atoms with Gasteiger partial charge in [-0.15, -0.1) is 11.3 Å². The number of aromatic nitrogens is 1. The van der Waals surface area contributed by atoms with E-state index in [0.29, 0.717) is 16.6 Å². The van der Waals surface area contributed by atoms with Gasteiger partial charge in [0, 0.05) is 5.39 Å². The Morgan fingerprint density at radius 2 is 1.96 bits per heavy atom. The lowest BCUT2D eigenvalue weighted by atomic mass is 10.1. The van der Waals surface area contributed by atoms with Crippen molar-refractivity contribution in [3.8, 4) is 10.6 Å². The standard InChI is InChI=1S/C18H15N3O4S/c1-10(16(22)21-18(19)24)25-17(23)12-9-14(15-7-4-8-26-15)20-13-6-3-2-5-11(12)13/h2-10H,1H3,(H3,19,21,22,24)/t10-/m1/s1. The van der Waals surface area contributed by atoms with E-state index in [1.807, 2.05) is 28.9 Å². The number of pyridine rings is 1. The number of amides is 3. The number of primary amides is 1. The number of esters is 1. The van der Waals surface area contributed by atoms with E-state index < -0.39 is 24.0 Å². The molecule has 132 valence electrons. The maximum atomic E-state index is 12.6. The highest BCUT2D eigenvalue weighted by Gasteiger charge is 2.22. The van der Waals surface area contributed by atoms with Crippen LogP contribution in [0.25, 0.3) is 21.5 Å². The van der Waals surface area contributed by atoms with Gasteiger partial charge in [0.25, 0.3) is 5.91 Å². The number of benzene rings is 1. The minimum Gasteiger partial charge on any atom is -0.449 e. The Balaban J connectivity index is 1.96. The van der Waals surface area contributed by atoms with Crippen LogP contribution in [0.5, 0.6) is 0 Å². The Bertz CT molecular complexity index is 985. The van der Waals surface area contributed by atoms with Crippen LogP contribution in [0.15, 0.2) is 47.8 Å². The van der Waals surface area contributed by atoms with Crippen LogP contribution in [0, 0.1) is 0 Å². The van der Waals surface area contributed by atoms with Gasteiger partial charge < -0.3 is 10.5 Å². The lowest BCUT2D eigenvalue weighted by molar-refractivity contribution is -0.127. The minimum absolute atomic E-state index is 0.290. The Morgan fingerprint density at radius 3 is 2.65 bits per heavy atom. The van der Waals surface area contributed by atoms with Crippen molar-refractivity contribution in [3.63, 3.8) is 0 Å². The monoisotopic (exact) mass is 369 g/mol. The van der Waals surface area contributed by atoms with Crippen LogP contribution in [0.4, 0.5) is 4.79 Å². The number of nitrogens with zero attached hydrogens (tertiary/aromatic N) is 1. The van der Waals surface area contributed by atoms with Gasteiger partial charge in [-0.05, 0) is 30.5 Å². The topological polar surface area (TPSA) is 111 Å². The van der Waals surface area contributed by atoms with Crippen LogP contribution in [0.3, 0.4) is 0 Å². The van der Waals surface area contributed by atoms with E-state index in [-0.39, 0.29) is 5.56 Å². The Kier molecular flexibility index (Phi) is 4.94. The first-order valence-corrected chi connectivity index (χ1v) is 8.58. The molecule has 0 saturated carbocycles. The number of hydrogen-bond donors (Lipinski definition) is 2. The summed E-state index contributed by atoms with van der Waals surface area (Å²) < 4.78 is 5.20. The molecule has 3 rings (SSSR count). The molecule has 0 aliphatic rings. The largest absolute Gasteiger partial charge is 0.449 e. The summed E-state index contributed by atoms with van der Waals surface area (Å²) in [5.74, 6) is -1.48. The maximum Gasteiger partial charge on any atom is 0.339 e. The van der Waals surface area contributed by atoms with Gasteiger partial charge >= 0.3 is 12.0 Å². The second-order valence-corrected chi connectivity index (χ2v) is 6.40. The number of nitrogens with two attached hydrogens (primary N) is 1. The molecule has 2 aromatic heterocycles. The summed E-state index contributed by atoms with van der Waals surface area (Å²) in [4.78, 5) is 40.6. The highest BCUT2D eigenvalue weighted by atomic mass is 32.1. The third kappa shape index (κ3) is 3.70. The quantitative estimate of drug-likeness (QED) is 0.687. The molecule has 3 N–H and O–H groups in total. The van der Waals surface area contributed by atoms with Crippen LogP contribution in [0.1, 0.15) is 17.3 Å². The van der Waals surface area contributed by atoms with Gasteiger partial charge in [0.2, 0.25) is 0 Å². The van der Waals surface area contributed by atoms with Crippen molar-refractivity contribution in [1.29, 1.82) is 0 Å². The highest BCUT2D eigenvalue weighted by molar-refractivity contribution is 7.13. The van der Waals surface area contributed by atoms with Crippen LogP contribution in [0.2, 0.25) is 0 Å². The second-order valence-electron chi connectivity index (χ2n) is 5.45. The third-order valence-electron chi connectivity index (χ3n) is 3.61. The summed E-state index contributed by atoms with van der Waals surface area (Å²) in [6.07, 6.45) is -1.17. The zero-order valence-corrected chi connectivity index (χ0v) is 14.6. The predicted molar refractivity (Wildman–Crippen MR) is 97.7 cm³/mol. The van der Waals surface area contributed by atoms with Gasteiger partial charge in [0.1, 0.15) is 0 Å². The van der Waals surface area contributed by atoms with Crippen molar-refractivity contribution >= 4 is 40.1 Å². The molecular weight excluding hydrogens is 354 g/mol. The molecule has 0 fully saturated rings. The molecule has 26 heavy (non-hydrogen) atoms. The molecule has 0 bridgehead atoms. The number of fused-ring (bicyclic) bond motifs is 1. The Labute approximate surface area is 152 Å². The molecule has 8 heteroatoms. The summed E-state index contributed by atoms with van der Waals surface area (Å²) in [5.41, 5.74) is 6.47. The maximum absolute atomic E-state index is 12.6. The molecule has 3 aromatic rings. The summed E-state index contributed by atoms with van der Waals surface area (Å²) in [6, 6.07) is 11.6. The van der Waals surface area contributed by atoms with Crippen molar-refractivity contribution in [2.75, 3.05) is 0 Å². The Hall–Kier alpha value is -3.26. The molecule has 3 amide bonds. The smallest absolute Gasteiger partial charge is 0.339 e. The molecule has 7 nitrogen and oxygen atoms in total. The van der Waals surface area contributed by atoms with Gasteiger partial charge in [0.05, 0.1) is 21.7 Å². The molecule has 0 saturated heterocycles. The lowest BCUT2D eigenvalue weighted by Gasteiger charge is -2.13. The van der Waals surface area contributed by atoms with Crippen molar-refractivity contribution in [3.05, 3.63) is 53.4 Å². The zero-order chi connectivity index (χ0) is 18.7. The van der Waals surface area contributed by atoms with Crippen LogP contribution < -0.4 is 11.1 Å². The molecule has 0 aliphatic carbocycles. The summed E-state index contributed by atoms with van der Waals surface area (Å²) in [5, 5.41) is 4.41.